The maximum absolute atomic E-state index is 12.4. The van der Waals surface area contributed by atoms with Crippen LogP contribution in [0.2, 0.25) is 0 Å². The molecule has 3 atom stereocenters. The van der Waals surface area contributed by atoms with Crippen molar-refractivity contribution in [2.75, 3.05) is 7.05 Å². The van der Waals surface area contributed by atoms with Crippen LogP contribution in [0.1, 0.15) is 49.9 Å². The van der Waals surface area contributed by atoms with Gasteiger partial charge in [0.05, 0.1) is 6.04 Å². The first-order chi connectivity index (χ1) is 9.09. The van der Waals surface area contributed by atoms with Crippen LogP contribution in [0, 0.1) is 5.92 Å². The van der Waals surface area contributed by atoms with Gasteiger partial charge in [-0.2, -0.15) is 0 Å². The predicted molar refractivity (Wildman–Crippen MR) is 87.3 cm³/mol. The number of carbonyl (C=O) groups is 1. The lowest BCUT2D eigenvalue weighted by atomic mass is 9.82. The van der Waals surface area contributed by atoms with Crippen molar-refractivity contribution in [2.24, 2.45) is 11.7 Å². The molecule has 114 valence electrons. The maximum atomic E-state index is 12.4. The molecule has 0 radical (unpaired) electrons. The third kappa shape index (κ3) is 4.21. The van der Waals surface area contributed by atoms with E-state index in [1.165, 1.54) is 17.7 Å². The third-order valence-electron chi connectivity index (χ3n) is 4.33. The highest BCUT2D eigenvalue weighted by molar-refractivity contribution is 7.10. The number of nitrogens with two attached hydrogens (primary N) is 1. The lowest BCUT2D eigenvalue weighted by Gasteiger charge is -2.31. The van der Waals surface area contributed by atoms with Crippen LogP contribution in [0.15, 0.2) is 17.5 Å². The van der Waals surface area contributed by atoms with Gasteiger partial charge in [-0.1, -0.05) is 18.9 Å². The summed E-state index contributed by atoms with van der Waals surface area (Å²) in [6, 6.07) is 4.49. The molecule has 1 aliphatic carbocycles. The summed E-state index contributed by atoms with van der Waals surface area (Å²) in [5.74, 6) is 0.600. The van der Waals surface area contributed by atoms with Gasteiger partial charge in [-0.05, 0) is 37.1 Å². The summed E-state index contributed by atoms with van der Waals surface area (Å²) < 4.78 is 0. The zero-order valence-electron chi connectivity index (χ0n) is 12.2. The van der Waals surface area contributed by atoms with Crippen LogP contribution in [-0.2, 0) is 4.79 Å². The summed E-state index contributed by atoms with van der Waals surface area (Å²) in [6.45, 7) is 2.09. The molecule has 1 aromatic rings. The average Bonchev–Trinajstić information content (AvgIpc) is 2.93. The number of carbonyl (C=O) groups excluding carboxylic acids is 1. The Morgan fingerprint density at radius 3 is 2.80 bits per heavy atom. The quantitative estimate of drug-likeness (QED) is 0.922. The molecule has 3 unspecified atom stereocenters. The highest BCUT2D eigenvalue weighted by Gasteiger charge is 2.27. The molecule has 3 nitrogen and oxygen atoms in total. The van der Waals surface area contributed by atoms with Crippen molar-refractivity contribution >= 4 is 29.7 Å². The van der Waals surface area contributed by atoms with Crippen molar-refractivity contribution in [1.29, 1.82) is 0 Å². The topological polar surface area (TPSA) is 46.3 Å². The summed E-state index contributed by atoms with van der Waals surface area (Å²) in [4.78, 5) is 15.5. The monoisotopic (exact) mass is 316 g/mol. The Bertz CT molecular complexity index is 410. The van der Waals surface area contributed by atoms with Gasteiger partial charge in [0.1, 0.15) is 0 Å². The molecule has 0 spiro atoms. The normalized spacial score (nSPS) is 23.8. The van der Waals surface area contributed by atoms with E-state index in [9.17, 15) is 4.79 Å². The number of thiophene rings is 1. The fraction of sp³-hybridized carbons (Fsp3) is 0.667. The van der Waals surface area contributed by atoms with E-state index < -0.39 is 0 Å². The average molecular weight is 317 g/mol. The van der Waals surface area contributed by atoms with Crippen LogP contribution in [0.5, 0.6) is 0 Å². The minimum atomic E-state index is 0. The Morgan fingerprint density at radius 1 is 1.50 bits per heavy atom. The molecule has 1 amide bonds. The summed E-state index contributed by atoms with van der Waals surface area (Å²) in [6.07, 6.45) is 5.22. The van der Waals surface area contributed by atoms with E-state index in [0.29, 0.717) is 12.3 Å². The van der Waals surface area contributed by atoms with E-state index in [4.69, 9.17) is 5.73 Å². The van der Waals surface area contributed by atoms with Gasteiger partial charge in [-0.15, -0.1) is 23.7 Å². The molecule has 1 fully saturated rings. The molecular formula is C15H25ClN2OS. The second-order valence-electron chi connectivity index (χ2n) is 5.61. The molecule has 2 rings (SSSR count). The maximum Gasteiger partial charge on any atom is 0.223 e. The van der Waals surface area contributed by atoms with Crippen molar-refractivity contribution in [3.8, 4) is 0 Å². The van der Waals surface area contributed by atoms with Crippen molar-refractivity contribution in [2.45, 2.75) is 51.1 Å². The lowest BCUT2D eigenvalue weighted by molar-refractivity contribution is -0.133. The number of hydrogen-bond donors (Lipinski definition) is 1. The fourth-order valence-corrected chi connectivity index (χ4v) is 3.62. The molecule has 0 aromatic carbocycles. The van der Waals surface area contributed by atoms with E-state index in [1.54, 1.807) is 11.3 Å². The zero-order valence-corrected chi connectivity index (χ0v) is 13.9. The highest BCUT2D eigenvalue weighted by atomic mass is 35.5. The van der Waals surface area contributed by atoms with E-state index >= 15 is 0 Å². The van der Waals surface area contributed by atoms with Gasteiger partial charge in [0.15, 0.2) is 0 Å². The van der Waals surface area contributed by atoms with Gasteiger partial charge < -0.3 is 10.6 Å². The Labute approximate surface area is 131 Å². The van der Waals surface area contributed by atoms with Crippen LogP contribution in [0.3, 0.4) is 0 Å². The summed E-state index contributed by atoms with van der Waals surface area (Å²) >= 11 is 1.70. The van der Waals surface area contributed by atoms with E-state index in [-0.39, 0.29) is 30.4 Å². The predicted octanol–water partition coefficient (Wildman–Crippen LogP) is 3.60. The molecule has 1 saturated carbocycles. The zero-order chi connectivity index (χ0) is 13.8. The number of hydrogen-bond acceptors (Lipinski definition) is 3. The Balaban J connectivity index is 0.00000200. The van der Waals surface area contributed by atoms with Gasteiger partial charge in [0.2, 0.25) is 5.91 Å². The molecule has 0 aliphatic heterocycles. The second kappa shape index (κ2) is 8.01. The summed E-state index contributed by atoms with van der Waals surface area (Å²) in [7, 11) is 1.90. The van der Waals surface area contributed by atoms with Crippen molar-refractivity contribution in [3.05, 3.63) is 22.4 Å². The van der Waals surface area contributed by atoms with Crippen molar-refractivity contribution in [1.82, 2.24) is 4.90 Å². The van der Waals surface area contributed by atoms with Crippen molar-refractivity contribution in [3.63, 3.8) is 0 Å². The third-order valence-corrected chi connectivity index (χ3v) is 5.38. The lowest BCUT2D eigenvalue weighted by Crippen LogP contribution is -2.38. The van der Waals surface area contributed by atoms with Crippen LogP contribution in [0.25, 0.3) is 0 Å². The molecule has 5 heteroatoms. The summed E-state index contributed by atoms with van der Waals surface area (Å²) in [5, 5.41) is 2.06. The summed E-state index contributed by atoms with van der Waals surface area (Å²) in [5.41, 5.74) is 6.13. The van der Waals surface area contributed by atoms with Gasteiger partial charge in [-0.3, -0.25) is 4.79 Å². The smallest absolute Gasteiger partial charge is 0.223 e. The Hall–Kier alpha value is -0.580. The SMILES string of the molecule is CC(c1cccs1)N(C)C(=O)CC1CCCCC1N.Cl. The van der Waals surface area contributed by atoms with Gasteiger partial charge in [0.25, 0.3) is 0 Å². The number of amides is 1. The largest absolute Gasteiger partial charge is 0.338 e. The van der Waals surface area contributed by atoms with Gasteiger partial charge in [-0.25, -0.2) is 0 Å². The van der Waals surface area contributed by atoms with E-state index in [2.05, 4.69) is 18.4 Å². The first-order valence-electron chi connectivity index (χ1n) is 7.14. The van der Waals surface area contributed by atoms with Gasteiger partial charge in [0, 0.05) is 24.4 Å². The molecule has 2 N–H and O–H groups in total. The highest BCUT2D eigenvalue weighted by Crippen LogP contribution is 2.28. The minimum Gasteiger partial charge on any atom is -0.338 e. The second-order valence-corrected chi connectivity index (χ2v) is 6.59. The number of nitrogens with zero attached hydrogens (tertiary/aromatic N) is 1. The van der Waals surface area contributed by atoms with E-state index in [0.717, 1.165) is 12.8 Å². The first kappa shape index (κ1) is 17.5. The standard InChI is InChI=1S/C15H24N2OS.ClH/c1-11(14-8-5-9-19-14)17(2)15(18)10-12-6-3-4-7-13(12)16;/h5,8-9,11-13H,3-4,6-7,10,16H2,1-2H3;1H. The minimum absolute atomic E-state index is 0. The molecule has 1 aliphatic rings. The van der Waals surface area contributed by atoms with Crippen LogP contribution in [-0.4, -0.2) is 23.9 Å². The molecule has 0 bridgehead atoms. The molecule has 0 saturated heterocycles. The molecule has 1 heterocycles. The molecule has 1 aromatic heterocycles. The Kier molecular flexibility index (Phi) is 7.00. The van der Waals surface area contributed by atoms with Crippen LogP contribution in [0.4, 0.5) is 0 Å². The molecular weight excluding hydrogens is 292 g/mol. The van der Waals surface area contributed by atoms with Crippen molar-refractivity contribution < 1.29 is 4.79 Å². The fourth-order valence-electron chi connectivity index (χ4n) is 2.79. The molecule has 20 heavy (non-hydrogen) atoms. The van der Waals surface area contributed by atoms with Crippen LogP contribution < -0.4 is 5.73 Å². The van der Waals surface area contributed by atoms with E-state index in [1.807, 2.05) is 18.0 Å². The van der Waals surface area contributed by atoms with Crippen LogP contribution >= 0.6 is 23.7 Å². The van der Waals surface area contributed by atoms with Gasteiger partial charge >= 0.3 is 0 Å². The number of rotatable bonds is 4. The first-order valence-corrected chi connectivity index (χ1v) is 8.02. The Morgan fingerprint density at radius 2 is 2.20 bits per heavy atom. The number of halogens is 1.